The number of hydrogen-bond acceptors (Lipinski definition) is 8. The van der Waals surface area contributed by atoms with Crippen molar-refractivity contribution in [1.29, 1.82) is 0 Å². The van der Waals surface area contributed by atoms with Gasteiger partial charge in [-0.3, -0.25) is 9.59 Å². The molecule has 0 saturated heterocycles. The van der Waals surface area contributed by atoms with Gasteiger partial charge in [0.25, 0.3) is 0 Å². The highest BCUT2D eigenvalue weighted by Gasteiger charge is 2.21. The van der Waals surface area contributed by atoms with Crippen LogP contribution in [0.4, 0.5) is 0 Å². The van der Waals surface area contributed by atoms with Crippen molar-refractivity contribution in [3.8, 4) is 0 Å². The van der Waals surface area contributed by atoms with Crippen LogP contribution in [-0.2, 0) is 33.3 Å². The van der Waals surface area contributed by atoms with E-state index in [9.17, 15) is 19.5 Å². The number of nitrogens with zero attached hydrogens (tertiary/aromatic N) is 1. The molecule has 0 aromatic rings. The molecule has 0 aromatic heterocycles. The number of rotatable bonds is 45. The molecule has 0 spiro atoms. The van der Waals surface area contributed by atoms with Gasteiger partial charge in [-0.25, -0.2) is 0 Å². The molecule has 378 valence electrons. The molecular weight excluding hydrogens is 839 g/mol. The third-order valence-electron chi connectivity index (χ3n) is 10.2. The summed E-state index contributed by atoms with van der Waals surface area (Å²) in [6.07, 6.45) is 63.9. The lowest BCUT2D eigenvalue weighted by molar-refractivity contribution is -0.870. The lowest BCUT2D eigenvalue weighted by atomic mass is 10.1. The van der Waals surface area contributed by atoms with Crippen LogP contribution in [0, 0.1) is 0 Å². The second-order valence-electron chi connectivity index (χ2n) is 17.7. The molecule has 0 amide bonds. The molecule has 0 rings (SSSR count). The molecule has 9 heteroatoms. The Bertz CT molecular complexity index is 1510. The predicted molar refractivity (Wildman–Crippen MR) is 278 cm³/mol. The number of allylic oxidation sites excluding steroid dienone is 20. The first-order valence-corrected chi connectivity index (χ1v) is 25.7. The molecule has 0 bridgehead atoms. The topological polar surface area (TPSA) is 111 Å². The van der Waals surface area contributed by atoms with Crippen molar-refractivity contribution in [2.75, 3.05) is 47.5 Å². The van der Waals surface area contributed by atoms with Crippen molar-refractivity contribution >= 4 is 17.9 Å². The second kappa shape index (κ2) is 48.2. The van der Waals surface area contributed by atoms with Crippen LogP contribution in [0.5, 0.6) is 0 Å². The highest BCUT2D eigenvalue weighted by atomic mass is 16.7. The molecular formula is C58H93NO8. The van der Waals surface area contributed by atoms with Gasteiger partial charge < -0.3 is 33.3 Å². The Morgan fingerprint density at radius 3 is 1.21 bits per heavy atom. The molecule has 0 radical (unpaired) electrons. The first-order chi connectivity index (χ1) is 32.6. The Morgan fingerprint density at radius 2 is 0.806 bits per heavy atom. The molecule has 9 nitrogen and oxygen atoms in total. The number of quaternary nitrogens is 1. The minimum atomic E-state index is -1.64. The molecule has 0 aromatic carbocycles. The quantitative estimate of drug-likeness (QED) is 0.0195. The van der Waals surface area contributed by atoms with E-state index < -0.39 is 30.3 Å². The number of likely N-dealkylation sites (N-methyl/N-ethyl adjacent to an activating group) is 1. The minimum absolute atomic E-state index is 0.133. The Hall–Kier alpha value is -4.31. The summed E-state index contributed by atoms with van der Waals surface area (Å²) in [5, 5.41) is 11.7. The van der Waals surface area contributed by atoms with Gasteiger partial charge in [0, 0.05) is 12.8 Å². The standard InChI is InChI=1S/C58H93NO8/c1-6-8-10-12-14-16-18-20-21-22-23-24-25-26-27-28-29-30-31-32-33-34-35-37-39-41-43-45-47-49-56(61)67-54(53-66-58(57(62)63)64-51-50-59(3,4)5)52-65-55(60)48-46-44-42-40-38-36-19-17-15-13-11-9-7-2/h8-11,14-17,20-21,23-24,26-27,29-30,32-33,36,38,54,58H,6-7,12-13,18-19,22,25,28,31,34-35,37,39-53H2,1-5H3/b10-8-,11-9-,16-14-,17-15-,21-20-,24-23-,27-26-,30-29-,33-32-,38-36-. The van der Waals surface area contributed by atoms with Gasteiger partial charge in [-0.05, 0) is 103 Å². The van der Waals surface area contributed by atoms with Crippen LogP contribution in [0.25, 0.3) is 0 Å². The van der Waals surface area contributed by atoms with E-state index in [0.717, 1.165) is 109 Å². The van der Waals surface area contributed by atoms with Crippen molar-refractivity contribution in [2.45, 2.75) is 180 Å². The van der Waals surface area contributed by atoms with Crippen molar-refractivity contribution in [1.82, 2.24) is 0 Å². The maximum Gasteiger partial charge on any atom is 0.306 e. The first kappa shape index (κ1) is 62.7. The smallest absolute Gasteiger partial charge is 0.306 e. The summed E-state index contributed by atoms with van der Waals surface area (Å²) in [6.45, 7) is 4.43. The van der Waals surface area contributed by atoms with Crippen LogP contribution in [0.2, 0.25) is 0 Å². The van der Waals surface area contributed by atoms with E-state index in [1.165, 1.54) is 19.3 Å². The van der Waals surface area contributed by atoms with Gasteiger partial charge in [0.05, 0.1) is 40.3 Å². The first-order valence-electron chi connectivity index (χ1n) is 25.7. The molecule has 0 fully saturated rings. The average Bonchev–Trinajstić information content (AvgIpc) is 3.29. The Labute approximate surface area is 408 Å². The summed E-state index contributed by atoms with van der Waals surface area (Å²) in [5.41, 5.74) is 0. The number of carbonyl (C=O) groups excluding carboxylic acids is 3. The van der Waals surface area contributed by atoms with Crippen LogP contribution < -0.4 is 5.11 Å². The molecule has 0 heterocycles. The van der Waals surface area contributed by atoms with Gasteiger partial charge in [0.15, 0.2) is 12.4 Å². The highest BCUT2D eigenvalue weighted by Crippen LogP contribution is 2.13. The van der Waals surface area contributed by atoms with Crippen molar-refractivity contribution in [2.24, 2.45) is 0 Å². The normalized spacial score (nSPS) is 13.9. The van der Waals surface area contributed by atoms with Crippen LogP contribution in [0.1, 0.15) is 168 Å². The fourth-order valence-electron chi connectivity index (χ4n) is 6.29. The number of unbranched alkanes of at least 4 members (excludes halogenated alkanes) is 10. The van der Waals surface area contributed by atoms with Crippen molar-refractivity contribution < 1.29 is 42.9 Å². The highest BCUT2D eigenvalue weighted by molar-refractivity contribution is 5.70. The van der Waals surface area contributed by atoms with Crippen LogP contribution >= 0.6 is 0 Å². The fourth-order valence-corrected chi connectivity index (χ4v) is 6.29. The van der Waals surface area contributed by atoms with Gasteiger partial charge in [-0.1, -0.05) is 174 Å². The lowest BCUT2D eigenvalue weighted by Gasteiger charge is -2.26. The van der Waals surface area contributed by atoms with E-state index in [-0.39, 0.29) is 32.7 Å². The van der Waals surface area contributed by atoms with E-state index in [2.05, 4.69) is 135 Å². The van der Waals surface area contributed by atoms with E-state index in [1.54, 1.807) is 0 Å². The maximum atomic E-state index is 12.8. The summed E-state index contributed by atoms with van der Waals surface area (Å²) in [4.78, 5) is 37.1. The van der Waals surface area contributed by atoms with Crippen molar-refractivity contribution in [3.05, 3.63) is 122 Å². The zero-order valence-electron chi connectivity index (χ0n) is 42.7. The minimum Gasteiger partial charge on any atom is -0.545 e. The lowest BCUT2D eigenvalue weighted by Crippen LogP contribution is -2.44. The Kier molecular flexibility index (Phi) is 45.1. The number of carboxylic acid groups (broad SMARTS) is 1. The fraction of sp³-hybridized carbons (Fsp3) is 0.603. The van der Waals surface area contributed by atoms with Gasteiger partial charge in [0.1, 0.15) is 13.2 Å². The second-order valence-corrected chi connectivity index (χ2v) is 17.7. The molecule has 67 heavy (non-hydrogen) atoms. The number of carboxylic acids is 1. The number of aliphatic carboxylic acids is 1. The largest absolute Gasteiger partial charge is 0.545 e. The molecule has 0 N–H and O–H groups in total. The SMILES string of the molecule is CC/C=C\C/C=C\C/C=C\C/C=C\C/C=C\C/C=C\C/C=C\CCCCCCCCCC(=O)OC(COC(=O)CCCCC/C=C\C/C=C\C/C=C\CC)COC(OCC[N+](C)(C)C)C(=O)[O-]. The number of ether oxygens (including phenoxy) is 4. The van der Waals surface area contributed by atoms with E-state index in [1.807, 2.05) is 21.1 Å². The molecule has 0 aliphatic carbocycles. The van der Waals surface area contributed by atoms with Crippen molar-refractivity contribution in [3.63, 3.8) is 0 Å². The van der Waals surface area contributed by atoms with Crippen LogP contribution in [0.3, 0.4) is 0 Å². The molecule has 2 atom stereocenters. The van der Waals surface area contributed by atoms with Gasteiger partial charge in [-0.2, -0.15) is 0 Å². The molecule has 0 aliphatic rings. The maximum absolute atomic E-state index is 12.8. The predicted octanol–water partition coefficient (Wildman–Crippen LogP) is 13.2. The summed E-state index contributed by atoms with van der Waals surface area (Å²) >= 11 is 0. The molecule has 0 aliphatic heterocycles. The monoisotopic (exact) mass is 932 g/mol. The molecule has 0 saturated carbocycles. The summed E-state index contributed by atoms with van der Waals surface area (Å²) < 4.78 is 22.5. The molecule has 2 unspecified atom stereocenters. The van der Waals surface area contributed by atoms with E-state index >= 15 is 0 Å². The zero-order valence-corrected chi connectivity index (χ0v) is 42.7. The van der Waals surface area contributed by atoms with E-state index in [4.69, 9.17) is 18.9 Å². The Balaban J connectivity index is 4.35. The number of esters is 2. The van der Waals surface area contributed by atoms with Crippen LogP contribution in [0.15, 0.2) is 122 Å². The summed E-state index contributed by atoms with van der Waals surface area (Å²) in [5.74, 6) is -2.36. The average molecular weight is 932 g/mol. The zero-order chi connectivity index (χ0) is 49.2. The van der Waals surface area contributed by atoms with Gasteiger partial charge >= 0.3 is 11.9 Å². The summed E-state index contributed by atoms with van der Waals surface area (Å²) in [7, 11) is 5.89. The van der Waals surface area contributed by atoms with Gasteiger partial charge in [0.2, 0.25) is 0 Å². The van der Waals surface area contributed by atoms with E-state index in [0.29, 0.717) is 23.9 Å². The summed E-state index contributed by atoms with van der Waals surface area (Å²) in [6, 6.07) is 0. The third kappa shape index (κ3) is 49.4. The number of carbonyl (C=O) groups is 3. The Morgan fingerprint density at radius 1 is 0.448 bits per heavy atom. The van der Waals surface area contributed by atoms with Gasteiger partial charge in [-0.15, -0.1) is 0 Å². The number of hydrogen-bond donors (Lipinski definition) is 0. The third-order valence-corrected chi connectivity index (χ3v) is 10.2. The van der Waals surface area contributed by atoms with Crippen LogP contribution in [-0.4, -0.2) is 82.3 Å².